The summed E-state index contributed by atoms with van der Waals surface area (Å²) in [5, 5.41) is 3.01. The van der Waals surface area contributed by atoms with Crippen molar-refractivity contribution in [2.75, 3.05) is 11.9 Å². The van der Waals surface area contributed by atoms with Crippen LogP contribution in [0, 0.1) is 0 Å². The first kappa shape index (κ1) is 16.1. The molecule has 0 aliphatic heterocycles. The minimum Gasteiger partial charge on any atom is -0.494 e. The fourth-order valence-corrected chi connectivity index (χ4v) is 2.32. The highest BCUT2D eigenvalue weighted by Gasteiger charge is 2.12. The van der Waals surface area contributed by atoms with Gasteiger partial charge in [0.25, 0.3) is 5.91 Å². The summed E-state index contributed by atoms with van der Waals surface area (Å²) in [4.78, 5) is 12.4. The number of carbonyl (C=O) groups is 1. The van der Waals surface area contributed by atoms with Gasteiger partial charge in [-0.2, -0.15) is 0 Å². The molecule has 0 heterocycles. The Morgan fingerprint density at radius 3 is 2.41 bits per heavy atom. The smallest absolute Gasteiger partial charge is 0.255 e. The van der Waals surface area contributed by atoms with E-state index in [2.05, 4.69) is 25.2 Å². The van der Waals surface area contributed by atoms with E-state index in [1.54, 1.807) is 12.1 Å². The molecule has 0 aromatic heterocycles. The van der Waals surface area contributed by atoms with Gasteiger partial charge in [-0.15, -0.1) is 0 Å². The molecule has 0 aliphatic carbocycles. The number of hydrogen-bond donors (Lipinski definition) is 1. The van der Waals surface area contributed by atoms with Crippen molar-refractivity contribution in [3.63, 3.8) is 0 Å². The topological polar surface area (TPSA) is 38.3 Å². The van der Waals surface area contributed by atoms with Crippen LogP contribution in [0.1, 0.15) is 49.0 Å². The van der Waals surface area contributed by atoms with Gasteiger partial charge >= 0.3 is 0 Å². The van der Waals surface area contributed by atoms with Gasteiger partial charge in [-0.1, -0.05) is 32.0 Å². The fourth-order valence-electron chi connectivity index (χ4n) is 2.32. The van der Waals surface area contributed by atoms with Crippen molar-refractivity contribution in [1.82, 2.24) is 0 Å². The Labute approximate surface area is 132 Å². The highest BCUT2D eigenvalue weighted by molar-refractivity contribution is 6.04. The summed E-state index contributed by atoms with van der Waals surface area (Å²) in [6.45, 7) is 6.87. The second-order valence-corrected chi connectivity index (χ2v) is 5.31. The van der Waals surface area contributed by atoms with Crippen LogP contribution in [0.2, 0.25) is 0 Å². The highest BCUT2D eigenvalue weighted by Crippen LogP contribution is 2.27. The zero-order chi connectivity index (χ0) is 15.9. The molecule has 1 unspecified atom stereocenters. The average Bonchev–Trinajstić information content (AvgIpc) is 2.55. The monoisotopic (exact) mass is 297 g/mol. The van der Waals surface area contributed by atoms with Gasteiger partial charge in [0.15, 0.2) is 0 Å². The molecule has 3 nitrogen and oxygen atoms in total. The predicted octanol–water partition coefficient (Wildman–Crippen LogP) is 4.85. The van der Waals surface area contributed by atoms with Crippen molar-refractivity contribution in [3.8, 4) is 5.75 Å². The zero-order valence-corrected chi connectivity index (χ0v) is 13.4. The third-order valence-corrected chi connectivity index (χ3v) is 3.78. The quantitative estimate of drug-likeness (QED) is 0.827. The Bertz CT molecular complexity index is 620. The van der Waals surface area contributed by atoms with Gasteiger partial charge < -0.3 is 10.1 Å². The molecule has 0 radical (unpaired) electrons. The van der Waals surface area contributed by atoms with E-state index in [9.17, 15) is 4.79 Å². The Balaban J connectivity index is 2.15. The van der Waals surface area contributed by atoms with E-state index < -0.39 is 0 Å². The third kappa shape index (κ3) is 3.88. The number of benzene rings is 2. The number of nitrogens with one attached hydrogen (secondary N) is 1. The number of amides is 1. The number of hydrogen-bond acceptors (Lipinski definition) is 2. The molecular formula is C19H23NO2. The first-order chi connectivity index (χ1) is 10.7. The maximum atomic E-state index is 12.4. The van der Waals surface area contributed by atoms with E-state index in [4.69, 9.17) is 4.74 Å². The summed E-state index contributed by atoms with van der Waals surface area (Å²) in [5.74, 6) is 1.09. The number of para-hydroxylation sites is 1. The van der Waals surface area contributed by atoms with E-state index in [-0.39, 0.29) is 5.91 Å². The van der Waals surface area contributed by atoms with Crippen LogP contribution >= 0.6 is 0 Å². The van der Waals surface area contributed by atoms with Gasteiger partial charge in [-0.25, -0.2) is 0 Å². The molecule has 1 atom stereocenters. The lowest BCUT2D eigenvalue weighted by molar-refractivity contribution is 0.102. The molecule has 0 saturated heterocycles. The van der Waals surface area contributed by atoms with Crippen molar-refractivity contribution in [2.45, 2.75) is 33.1 Å². The second-order valence-electron chi connectivity index (χ2n) is 5.31. The molecule has 0 aliphatic rings. The molecular weight excluding hydrogens is 274 g/mol. The average molecular weight is 297 g/mol. The second kappa shape index (κ2) is 7.64. The van der Waals surface area contributed by atoms with E-state index in [0.29, 0.717) is 18.1 Å². The Hall–Kier alpha value is -2.29. The number of carbonyl (C=O) groups excluding carboxylic acids is 1. The molecule has 0 saturated carbocycles. The molecule has 0 bridgehead atoms. The van der Waals surface area contributed by atoms with Crippen molar-refractivity contribution in [3.05, 3.63) is 59.7 Å². The van der Waals surface area contributed by atoms with E-state index in [0.717, 1.165) is 17.9 Å². The first-order valence-corrected chi connectivity index (χ1v) is 7.78. The maximum Gasteiger partial charge on any atom is 0.255 e. The summed E-state index contributed by atoms with van der Waals surface area (Å²) in [6.07, 6.45) is 1.04. The van der Waals surface area contributed by atoms with Crippen LogP contribution in [0.4, 0.5) is 5.69 Å². The molecule has 22 heavy (non-hydrogen) atoms. The third-order valence-electron chi connectivity index (χ3n) is 3.78. The summed E-state index contributed by atoms with van der Waals surface area (Å²) in [6, 6.07) is 15.2. The lowest BCUT2D eigenvalue weighted by atomic mass is 9.97. The summed E-state index contributed by atoms with van der Waals surface area (Å²) in [7, 11) is 0. The minimum atomic E-state index is -0.0983. The number of anilines is 1. The van der Waals surface area contributed by atoms with Crippen LogP contribution in [-0.4, -0.2) is 12.5 Å². The molecule has 116 valence electrons. The normalized spacial score (nSPS) is 11.8. The highest BCUT2D eigenvalue weighted by atomic mass is 16.5. The Morgan fingerprint density at radius 2 is 1.77 bits per heavy atom. The molecule has 2 aromatic rings. The molecule has 2 aromatic carbocycles. The van der Waals surface area contributed by atoms with Crippen LogP contribution < -0.4 is 10.1 Å². The fraction of sp³-hybridized carbons (Fsp3) is 0.316. The summed E-state index contributed by atoms with van der Waals surface area (Å²) >= 11 is 0. The maximum absolute atomic E-state index is 12.4. The van der Waals surface area contributed by atoms with Crippen LogP contribution in [0.15, 0.2) is 48.5 Å². The minimum absolute atomic E-state index is 0.0983. The SMILES string of the molecule is CCOc1ccc(C(=O)Nc2ccccc2C(C)CC)cc1. The molecule has 1 amide bonds. The van der Waals surface area contributed by atoms with Crippen molar-refractivity contribution < 1.29 is 9.53 Å². The molecule has 0 fully saturated rings. The van der Waals surface area contributed by atoms with Gasteiger partial charge in [-0.3, -0.25) is 4.79 Å². The van der Waals surface area contributed by atoms with Gasteiger partial charge in [0, 0.05) is 11.3 Å². The largest absolute Gasteiger partial charge is 0.494 e. The Kier molecular flexibility index (Phi) is 5.59. The van der Waals surface area contributed by atoms with Crippen LogP contribution in [0.5, 0.6) is 5.75 Å². The van der Waals surface area contributed by atoms with E-state index in [1.165, 1.54) is 5.56 Å². The molecule has 0 spiro atoms. The molecule has 2 rings (SSSR count). The lowest BCUT2D eigenvalue weighted by Gasteiger charge is -2.15. The predicted molar refractivity (Wildman–Crippen MR) is 90.7 cm³/mol. The Morgan fingerprint density at radius 1 is 1.09 bits per heavy atom. The number of ether oxygens (including phenoxy) is 1. The van der Waals surface area contributed by atoms with Crippen molar-refractivity contribution >= 4 is 11.6 Å². The lowest BCUT2D eigenvalue weighted by Crippen LogP contribution is -2.13. The van der Waals surface area contributed by atoms with Gasteiger partial charge in [0.05, 0.1) is 6.61 Å². The standard InChI is InChI=1S/C19H23NO2/c1-4-14(3)17-8-6-7-9-18(17)20-19(21)15-10-12-16(13-11-15)22-5-2/h6-14H,4-5H2,1-3H3,(H,20,21). The van der Waals surface area contributed by atoms with Crippen LogP contribution in [0.25, 0.3) is 0 Å². The van der Waals surface area contributed by atoms with Crippen molar-refractivity contribution in [1.29, 1.82) is 0 Å². The number of rotatable bonds is 6. The zero-order valence-electron chi connectivity index (χ0n) is 13.4. The van der Waals surface area contributed by atoms with Gasteiger partial charge in [-0.05, 0) is 55.2 Å². The van der Waals surface area contributed by atoms with E-state index >= 15 is 0 Å². The van der Waals surface area contributed by atoms with Crippen LogP contribution in [-0.2, 0) is 0 Å². The molecule has 3 heteroatoms. The molecule has 1 N–H and O–H groups in total. The summed E-state index contributed by atoms with van der Waals surface area (Å²) in [5.41, 5.74) is 2.68. The van der Waals surface area contributed by atoms with Gasteiger partial charge in [0.1, 0.15) is 5.75 Å². The first-order valence-electron chi connectivity index (χ1n) is 7.78. The van der Waals surface area contributed by atoms with Gasteiger partial charge in [0.2, 0.25) is 0 Å². The van der Waals surface area contributed by atoms with Crippen molar-refractivity contribution in [2.24, 2.45) is 0 Å². The van der Waals surface area contributed by atoms with Crippen LogP contribution in [0.3, 0.4) is 0 Å². The van der Waals surface area contributed by atoms with E-state index in [1.807, 2.05) is 37.3 Å². The summed E-state index contributed by atoms with van der Waals surface area (Å²) < 4.78 is 5.39.